The van der Waals surface area contributed by atoms with Crippen LogP contribution in [0.1, 0.15) is 35.7 Å². The van der Waals surface area contributed by atoms with Gasteiger partial charge >= 0.3 is 0 Å². The van der Waals surface area contributed by atoms with Gasteiger partial charge in [0.05, 0.1) is 5.69 Å². The van der Waals surface area contributed by atoms with Gasteiger partial charge in [0.2, 0.25) is 0 Å². The van der Waals surface area contributed by atoms with Gasteiger partial charge in [0.1, 0.15) is 5.75 Å². The molecule has 2 aromatic rings. The number of anilines is 2. The van der Waals surface area contributed by atoms with E-state index in [0.717, 1.165) is 5.69 Å². The molecule has 1 aliphatic heterocycles. The highest BCUT2D eigenvalue weighted by molar-refractivity contribution is 6.06. The molecule has 2 N–H and O–H groups in total. The second-order valence-electron chi connectivity index (χ2n) is 5.78. The molecule has 5 heteroatoms. The van der Waals surface area contributed by atoms with E-state index in [0.29, 0.717) is 22.9 Å². The molecule has 0 bridgehead atoms. The van der Waals surface area contributed by atoms with Gasteiger partial charge in [-0.1, -0.05) is 26.0 Å². The van der Waals surface area contributed by atoms with Crippen LogP contribution in [0, 0.1) is 0 Å². The van der Waals surface area contributed by atoms with E-state index in [1.54, 1.807) is 18.2 Å². The number of hydrogen-bond donors (Lipinski definition) is 2. The standard InChI is InChI=1S/C18H18N2O3/c1-11(2)12-3-6-14(7-4-12)19-18(22)13-5-8-16-15(9-13)20-17(21)10-23-16/h3-9,11H,10H2,1-2H3,(H,19,22)(H,20,21). The Morgan fingerprint density at radius 2 is 1.91 bits per heavy atom. The predicted molar refractivity (Wildman–Crippen MR) is 89.1 cm³/mol. The maximum Gasteiger partial charge on any atom is 0.262 e. The van der Waals surface area contributed by atoms with Crippen molar-refractivity contribution in [2.45, 2.75) is 19.8 Å². The quantitative estimate of drug-likeness (QED) is 0.913. The van der Waals surface area contributed by atoms with Gasteiger partial charge < -0.3 is 15.4 Å². The lowest BCUT2D eigenvalue weighted by Gasteiger charge is -2.18. The number of benzene rings is 2. The highest BCUT2D eigenvalue weighted by atomic mass is 16.5. The van der Waals surface area contributed by atoms with E-state index < -0.39 is 0 Å². The molecule has 1 aliphatic rings. The second kappa shape index (κ2) is 6.12. The Bertz CT molecular complexity index is 751. The lowest BCUT2D eigenvalue weighted by atomic mass is 10.0. The highest BCUT2D eigenvalue weighted by Crippen LogP contribution is 2.28. The largest absolute Gasteiger partial charge is 0.482 e. The number of ether oxygens (including phenoxy) is 1. The van der Waals surface area contributed by atoms with Gasteiger partial charge in [0, 0.05) is 11.3 Å². The summed E-state index contributed by atoms with van der Waals surface area (Å²) in [5.41, 5.74) is 2.93. The maximum atomic E-state index is 12.3. The minimum absolute atomic E-state index is 0.000737. The average Bonchev–Trinajstić information content (AvgIpc) is 2.54. The molecule has 2 aromatic carbocycles. The molecule has 0 radical (unpaired) electrons. The zero-order chi connectivity index (χ0) is 16.4. The van der Waals surface area contributed by atoms with Gasteiger partial charge in [-0.15, -0.1) is 0 Å². The van der Waals surface area contributed by atoms with Crippen molar-refractivity contribution in [3.63, 3.8) is 0 Å². The summed E-state index contributed by atoms with van der Waals surface area (Å²) >= 11 is 0. The van der Waals surface area contributed by atoms with Crippen LogP contribution in [0.5, 0.6) is 5.75 Å². The first kappa shape index (κ1) is 15.1. The third-order valence-electron chi connectivity index (χ3n) is 3.71. The van der Waals surface area contributed by atoms with Crippen LogP contribution in [0.25, 0.3) is 0 Å². The smallest absolute Gasteiger partial charge is 0.262 e. The van der Waals surface area contributed by atoms with Crippen LogP contribution in [0.3, 0.4) is 0 Å². The maximum absolute atomic E-state index is 12.3. The minimum Gasteiger partial charge on any atom is -0.482 e. The summed E-state index contributed by atoms with van der Waals surface area (Å²) in [6.45, 7) is 4.24. The molecule has 0 fully saturated rings. The summed E-state index contributed by atoms with van der Waals surface area (Å²) < 4.78 is 5.28. The van der Waals surface area contributed by atoms with Gasteiger partial charge in [-0.25, -0.2) is 0 Å². The van der Waals surface area contributed by atoms with Crippen LogP contribution < -0.4 is 15.4 Å². The van der Waals surface area contributed by atoms with Crippen molar-refractivity contribution in [2.75, 3.05) is 17.2 Å². The highest BCUT2D eigenvalue weighted by Gasteiger charge is 2.17. The topological polar surface area (TPSA) is 67.4 Å². The summed E-state index contributed by atoms with van der Waals surface area (Å²) in [7, 11) is 0. The van der Waals surface area contributed by atoms with E-state index in [-0.39, 0.29) is 18.4 Å². The summed E-state index contributed by atoms with van der Waals surface area (Å²) in [5, 5.41) is 5.54. The number of fused-ring (bicyclic) bond motifs is 1. The van der Waals surface area contributed by atoms with Crippen molar-refractivity contribution in [2.24, 2.45) is 0 Å². The third-order valence-corrected chi connectivity index (χ3v) is 3.71. The Morgan fingerprint density at radius 1 is 1.17 bits per heavy atom. The monoisotopic (exact) mass is 310 g/mol. The minimum atomic E-state index is -0.232. The Balaban J connectivity index is 1.75. The fraction of sp³-hybridized carbons (Fsp3) is 0.222. The van der Waals surface area contributed by atoms with E-state index >= 15 is 0 Å². The number of hydrogen-bond acceptors (Lipinski definition) is 3. The molecule has 1 heterocycles. The van der Waals surface area contributed by atoms with E-state index in [2.05, 4.69) is 24.5 Å². The normalized spacial score (nSPS) is 13.1. The number of rotatable bonds is 3. The van der Waals surface area contributed by atoms with Crippen molar-refractivity contribution in [3.8, 4) is 5.75 Å². The van der Waals surface area contributed by atoms with Gasteiger partial charge in [0.25, 0.3) is 11.8 Å². The SMILES string of the molecule is CC(C)c1ccc(NC(=O)c2ccc3c(c2)NC(=O)CO3)cc1. The van der Waals surface area contributed by atoms with Crippen LogP contribution in [0.2, 0.25) is 0 Å². The Labute approximate surface area is 134 Å². The van der Waals surface area contributed by atoms with Crippen LogP contribution in [-0.4, -0.2) is 18.4 Å². The first-order valence-electron chi connectivity index (χ1n) is 7.51. The van der Waals surface area contributed by atoms with Crippen LogP contribution in [-0.2, 0) is 4.79 Å². The van der Waals surface area contributed by atoms with Crippen molar-refractivity contribution < 1.29 is 14.3 Å². The zero-order valence-corrected chi connectivity index (χ0v) is 13.1. The fourth-order valence-electron chi connectivity index (χ4n) is 2.38. The molecular formula is C18H18N2O3. The molecule has 2 amide bonds. The second-order valence-corrected chi connectivity index (χ2v) is 5.78. The summed E-state index contributed by atoms with van der Waals surface area (Å²) in [4.78, 5) is 23.7. The Hall–Kier alpha value is -2.82. The molecule has 0 aliphatic carbocycles. The summed E-state index contributed by atoms with van der Waals surface area (Å²) in [6.07, 6.45) is 0. The van der Waals surface area contributed by atoms with Crippen LogP contribution in [0.15, 0.2) is 42.5 Å². The molecule has 3 rings (SSSR count). The molecule has 118 valence electrons. The van der Waals surface area contributed by atoms with Gasteiger partial charge in [-0.3, -0.25) is 9.59 Å². The lowest BCUT2D eigenvalue weighted by Crippen LogP contribution is -2.25. The van der Waals surface area contributed by atoms with E-state index in [1.807, 2.05) is 24.3 Å². The Kier molecular flexibility index (Phi) is 4.02. The lowest BCUT2D eigenvalue weighted by molar-refractivity contribution is -0.118. The molecule has 0 saturated heterocycles. The number of amides is 2. The van der Waals surface area contributed by atoms with Gasteiger partial charge in [-0.2, -0.15) is 0 Å². The van der Waals surface area contributed by atoms with Crippen LogP contribution in [0.4, 0.5) is 11.4 Å². The molecule has 0 unspecified atom stereocenters. The van der Waals surface area contributed by atoms with E-state index in [9.17, 15) is 9.59 Å². The Morgan fingerprint density at radius 3 is 2.61 bits per heavy atom. The molecule has 5 nitrogen and oxygen atoms in total. The molecule has 0 spiro atoms. The fourth-order valence-corrected chi connectivity index (χ4v) is 2.38. The van der Waals surface area contributed by atoms with Crippen molar-refractivity contribution in [1.82, 2.24) is 0 Å². The average molecular weight is 310 g/mol. The van der Waals surface area contributed by atoms with Crippen molar-refractivity contribution in [3.05, 3.63) is 53.6 Å². The first-order chi connectivity index (χ1) is 11.0. The molecule has 0 aromatic heterocycles. The van der Waals surface area contributed by atoms with Crippen molar-refractivity contribution in [1.29, 1.82) is 0 Å². The third kappa shape index (κ3) is 3.34. The van der Waals surface area contributed by atoms with Crippen molar-refractivity contribution >= 4 is 23.2 Å². The summed E-state index contributed by atoms with van der Waals surface area (Å²) in [6, 6.07) is 12.7. The predicted octanol–water partition coefficient (Wildman–Crippen LogP) is 3.39. The van der Waals surface area contributed by atoms with Gasteiger partial charge in [0.15, 0.2) is 6.61 Å². The summed E-state index contributed by atoms with van der Waals surface area (Å²) in [5.74, 6) is 0.565. The molecule has 0 atom stereocenters. The number of carbonyl (C=O) groups is 2. The number of nitrogens with one attached hydrogen (secondary N) is 2. The molecular weight excluding hydrogens is 292 g/mol. The number of carbonyl (C=O) groups excluding carboxylic acids is 2. The molecule has 0 saturated carbocycles. The molecule has 23 heavy (non-hydrogen) atoms. The van der Waals surface area contributed by atoms with E-state index in [1.165, 1.54) is 5.56 Å². The van der Waals surface area contributed by atoms with Gasteiger partial charge in [-0.05, 0) is 41.8 Å². The van der Waals surface area contributed by atoms with Crippen LogP contribution >= 0.6 is 0 Å². The zero-order valence-electron chi connectivity index (χ0n) is 13.1. The first-order valence-corrected chi connectivity index (χ1v) is 7.51. The van der Waals surface area contributed by atoms with E-state index in [4.69, 9.17) is 4.74 Å².